The Morgan fingerprint density at radius 3 is 2.52 bits per heavy atom. The van der Waals surface area contributed by atoms with Crippen molar-refractivity contribution < 1.29 is 14.3 Å². The highest BCUT2D eigenvalue weighted by Gasteiger charge is 2.52. The molecule has 5 nitrogen and oxygen atoms in total. The lowest BCUT2D eigenvalue weighted by atomic mass is 9.93. The first-order valence-corrected chi connectivity index (χ1v) is 8.21. The van der Waals surface area contributed by atoms with E-state index in [0.29, 0.717) is 0 Å². The fourth-order valence-electron chi connectivity index (χ4n) is 4.36. The predicted molar refractivity (Wildman–Crippen MR) is 78.6 cm³/mol. The molecule has 0 aromatic carbocycles. The van der Waals surface area contributed by atoms with E-state index in [1.54, 1.807) is 7.11 Å². The molecule has 21 heavy (non-hydrogen) atoms. The van der Waals surface area contributed by atoms with Crippen molar-refractivity contribution >= 4 is 11.8 Å². The van der Waals surface area contributed by atoms with E-state index in [1.165, 1.54) is 0 Å². The van der Waals surface area contributed by atoms with Gasteiger partial charge in [0.15, 0.2) is 0 Å². The average molecular weight is 294 g/mol. The highest BCUT2D eigenvalue weighted by molar-refractivity contribution is 5.97. The van der Waals surface area contributed by atoms with Crippen LogP contribution in [-0.4, -0.2) is 59.5 Å². The van der Waals surface area contributed by atoms with E-state index in [0.717, 1.165) is 38.6 Å². The summed E-state index contributed by atoms with van der Waals surface area (Å²) in [5.41, 5.74) is 0. The maximum Gasteiger partial charge on any atom is 0.246 e. The van der Waals surface area contributed by atoms with Crippen molar-refractivity contribution in [3.05, 3.63) is 0 Å². The molecule has 2 aliphatic heterocycles. The van der Waals surface area contributed by atoms with Gasteiger partial charge in [-0.3, -0.25) is 9.59 Å². The largest absolute Gasteiger partial charge is 0.379 e. The standard InChI is InChI=1S/C16H26N2O3/c1-10(2)14-16(20)17-9-5-7-12(17)15(19)18(14)11-6-4-8-13(11)21-3/h10-14H,4-9H2,1-3H3. The minimum Gasteiger partial charge on any atom is -0.379 e. The highest BCUT2D eigenvalue weighted by Crippen LogP contribution is 2.36. The number of hydrogen-bond donors (Lipinski definition) is 0. The zero-order valence-corrected chi connectivity index (χ0v) is 13.2. The fourth-order valence-corrected chi connectivity index (χ4v) is 4.36. The summed E-state index contributed by atoms with van der Waals surface area (Å²) < 4.78 is 5.58. The van der Waals surface area contributed by atoms with Crippen LogP contribution in [0.4, 0.5) is 0 Å². The molecule has 4 unspecified atom stereocenters. The van der Waals surface area contributed by atoms with Crippen molar-refractivity contribution in [3.8, 4) is 0 Å². The molecular weight excluding hydrogens is 268 g/mol. The first-order valence-electron chi connectivity index (χ1n) is 8.21. The Bertz CT molecular complexity index is 437. The van der Waals surface area contributed by atoms with Gasteiger partial charge in [-0.25, -0.2) is 0 Å². The van der Waals surface area contributed by atoms with Crippen LogP contribution < -0.4 is 0 Å². The third-order valence-corrected chi connectivity index (χ3v) is 5.34. The maximum atomic E-state index is 13.0. The van der Waals surface area contributed by atoms with Crippen LogP contribution in [0.5, 0.6) is 0 Å². The minimum absolute atomic E-state index is 0.0709. The molecule has 0 aromatic rings. The van der Waals surface area contributed by atoms with Crippen molar-refractivity contribution in [1.82, 2.24) is 9.80 Å². The number of carbonyl (C=O) groups is 2. The fraction of sp³-hybridized carbons (Fsp3) is 0.875. The number of ether oxygens (including phenoxy) is 1. The third-order valence-electron chi connectivity index (χ3n) is 5.34. The second kappa shape index (κ2) is 5.59. The maximum absolute atomic E-state index is 13.0. The summed E-state index contributed by atoms with van der Waals surface area (Å²) in [5, 5.41) is 0. The zero-order chi connectivity index (χ0) is 15.1. The molecule has 1 aliphatic carbocycles. The van der Waals surface area contributed by atoms with Crippen LogP contribution in [0.2, 0.25) is 0 Å². The Kier molecular flexibility index (Phi) is 3.95. The van der Waals surface area contributed by atoms with Gasteiger partial charge >= 0.3 is 0 Å². The number of rotatable bonds is 3. The van der Waals surface area contributed by atoms with Gasteiger partial charge in [0.25, 0.3) is 0 Å². The summed E-state index contributed by atoms with van der Waals surface area (Å²) in [6.07, 6.45) is 4.85. The Labute approximate surface area is 126 Å². The molecule has 0 N–H and O–H groups in total. The summed E-state index contributed by atoms with van der Waals surface area (Å²) in [6, 6.07) is -0.459. The topological polar surface area (TPSA) is 49.9 Å². The van der Waals surface area contributed by atoms with E-state index in [1.807, 2.05) is 23.6 Å². The van der Waals surface area contributed by atoms with E-state index in [9.17, 15) is 9.59 Å². The van der Waals surface area contributed by atoms with E-state index >= 15 is 0 Å². The van der Waals surface area contributed by atoms with Gasteiger partial charge in [0, 0.05) is 13.7 Å². The van der Waals surface area contributed by atoms with Crippen LogP contribution in [0.25, 0.3) is 0 Å². The predicted octanol–water partition coefficient (Wildman–Crippen LogP) is 1.41. The third kappa shape index (κ3) is 2.26. The summed E-state index contributed by atoms with van der Waals surface area (Å²) in [6.45, 7) is 4.82. The van der Waals surface area contributed by atoms with E-state index in [4.69, 9.17) is 4.74 Å². The van der Waals surface area contributed by atoms with Crippen molar-refractivity contribution in [3.63, 3.8) is 0 Å². The Hall–Kier alpha value is -1.10. The molecule has 4 atom stereocenters. The van der Waals surface area contributed by atoms with Gasteiger partial charge in [0.2, 0.25) is 11.8 Å². The number of carbonyl (C=O) groups excluding carboxylic acids is 2. The smallest absolute Gasteiger partial charge is 0.246 e. The van der Waals surface area contributed by atoms with Crippen molar-refractivity contribution in [2.45, 2.75) is 70.2 Å². The second-order valence-electron chi connectivity index (χ2n) is 6.90. The molecular formula is C16H26N2O3. The molecule has 118 valence electrons. The van der Waals surface area contributed by atoms with E-state index in [-0.39, 0.29) is 42.0 Å². The number of hydrogen-bond acceptors (Lipinski definition) is 3. The molecule has 1 saturated carbocycles. The first-order chi connectivity index (χ1) is 10.1. The van der Waals surface area contributed by atoms with E-state index in [2.05, 4.69) is 0 Å². The molecule has 0 spiro atoms. The van der Waals surface area contributed by atoms with Crippen LogP contribution in [0.3, 0.4) is 0 Å². The number of amides is 2. The lowest BCUT2D eigenvalue weighted by molar-refractivity contribution is -0.167. The number of nitrogens with zero attached hydrogens (tertiary/aromatic N) is 2. The van der Waals surface area contributed by atoms with Crippen LogP contribution in [-0.2, 0) is 14.3 Å². The highest BCUT2D eigenvalue weighted by atomic mass is 16.5. The van der Waals surface area contributed by atoms with Gasteiger partial charge in [0.05, 0.1) is 12.1 Å². The molecule has 0 bridgehead atoms. The summed E-state index contributed by atoms with van der Waals surface area (Å²) in [7, 11) is 1.71. The molecule has 3 aliphatic rings. The Morgan fingerprint density at radius 1 is 1.10 bits per heavy atom. The SMILES string of the molecule is COC1CCCC1N1C(=O)C2CCCN2C(=O)C1C(C)C. The molecule has 3 rings (SSSR count). The lowest BCUT2D eigenvalue weighted by Gasteiger charge is -2.47. The van der Waals surface area contributed by atoms with Crippen LogP contribution >= 0.6 is 0 Å². The van der Waals surface area contributed by atoms with Gasteiger partial charge < -0.3 is 14.5 Å². The van der Waals surface area contributed by atoms with E-state index < -0.39 is 0 Å². The van der Waals surface area contributed by atoms with Crippen molar-refractivity contribution in [1.29, 1.82) is 0 Å². The monoisotopic (exact) mass is 294 g/mol. The summed E-state index contributed by atoms with van der Waals surface area (Å²) in [5.74, 6) is 0.440. The quantitative estimate of drug-likeness (QED) is 0.791. The van der Waals surface area contributed by atoms with Gasteiger partial charge in [-0.15, -0.1) is 0 Å². The van der Waals surface area contributed by atoms with Gasteiger partial charge in [-0.2, -0.15) is 0 Å². The minimum atomic E-state index is -0.312. The molecule has 0 radical (unpaired) electrons. The number of piperazine rings is 1. The average Bonchev–Trinajstić information content (AvgIpc) is 3.09. The zero-order valence-electron chi connectivity index (χ0n) is 13.2. The molecule has 0 aromatic heterocycles. The molecule has 3 fully saturated rings. The molecule has 2 saturated heterocycles. The Balaban J connectivity index is 1.94. The Morgan fingerprint density at radius 2 is 1.86 bits per heavy atom. The number of methoxy groups -OCH3 is 1. The second-order valence-corrected chi connectivity index (χ2v) is 6.90. The van der Waals surface area contributed by atoms with Crippen molar-refractivity contribution in [2.75, 3.05) is 13.7 Å². The van der Waals surface area contributed by atoms with Crippen LogP contribution in [0, 0.1) is 5.92 Å². The van der Waals surface area contributed by atoms with Crippen LogP contribution in [0.15, 0.2) is 0 Å². The summed E-state index contributed by atoms with van der Waals surface area (Å²) >= 11 is 0. The molecule has 2 heterocycles. The number of fused-ring (bicyclic) bond motifs is 1. The first kappa shape index (κ1) is 14.8. The van der Waals surface area contributed by atoms with Gasteiger partial charge in [-0.05, 0) is 38.0 Å². The van der Waals surface area contributed by atoms with Gasteiger partial charge in [0.1, 0.15) is 12.1 Å². The summed E-state index contributed by atoms with van der Waals surface area (Å²) in [4.78, 5) is 29.6. The van der Waals surface area contributed by atoms with Gasteiger partial charge in [-0.1, -0.05) is 13.8 Å². The van der Waals surface area contributed by atoms with Crippen molar-refractivity contribution in [2.24, 2.45) is 5.92 Å². The lowest BCUT2D eigenvalue weighted by Crippen LogP contribution is -2.67. The van der Waals surface area contributed by atoms with Crippen LogP contribution in [0.1, 0.15) is 46.0 Å². The normalized spacial score (nSPS) is 36.8. The molecule has 2 amide bonds. The molecule has 5 heteroatoms.